The summed E-state index contributed by atoms with van der Waals surface area (Å²) in [6.07, 6.45) is 9.34. The molecule has 2 aliphatic heterocycles. The molecule has 2 aliphatic rings. The van der Waals surface area contributed by atoms with Gasteiger partial charge in [0.1, 0.15) is 28.3 Å². The van der Waals surface area contributed by atoms with Crippen LogP contribution in [-0.2, 0) is 19.1 Å². The fourth-order valence-electron chi connectivity index (χ4n) is 7.34. The molecule has 0 bridgehead atoms. The summed E-state index contributed by atoms with van der Waals surface area (Å²) in [6.45, 7) is 14.1. The van der Waals surface area contributed by atoms with E-state index in [1.807, 2.05) is 83.1 Å². The van der Waals surface area contributed by atoms with Gasteiger partial charge < -0.3 is 32.8 Å². The number of benzene rings is 2. The largest absolute Gasteiger partial charge is 0.493 e. The standard InChI is InChI=1S/C43H54N2O7/c1-7-10-11-12-13-14-15-16-21-50-33-20-19-32-24-37(52-35(32)25-33)41-39-38(42(46)45(41)27-30(6)49-9-3)40(44(43(39)47)26-29(5)48-8-2)36-23-31-18-17-28(4)22-34(31)51-36/h17-20,22-25,29-30H,7-16,21,26-27H2,1-6H3. The van der Waals surface area contributed by atoms with E-state index in [-0.39, 0.29) is 37.1 Å². The maximum absolute atomic E-state index is 14.7. The van der Waals surface area contributed by atoms with Crippen LogP contribution in [-0.4, -0.2) is 66.7 Å². The number of amides is 2. The maximum atomic E-state index is 14.7. The summed E-state index contributed by atoms with van der Waals surface area (Å²) >= 11 is 0. The highest BCUT2D eigenvalue weighted by Crippen LogP contribution is 2.48. The molecule has 0 spiro atoms. The second kappa shape index (κ2) is 17.0. The summed E-state index contributed by atoms with van der Waals surface area (Å²) in [7, 11) is 0. The first kappa shape index (κ1) is 37.4. The van der Waals surface area contributed by atoms with Gasteiger partial charge in [-0.1, -0.05) is 64.0 Å². The van der Waals surface area contributed by atoms with Gasteiger partial charge in [-0.15, -0.1) is 0 Å². The SMILES string of the molecule is CCCCCCCCCCOc1ccc2cc(C3=C4C(=O)N(CC(C)OCC)C(c5cc6ccc(C)cc6o5)=C4C(=O)N3CC(C)OCC)oc2c1. The first-order valence-corrected chi connectivity index (χ1v) is 19.3. The van der Waals surface area contributed by atoms with Crippen molar-refractivity contribution >= 4 is 45.1 Å². The van der Waals surface area contributed by atoms with Crippen molar-refractivity contribution in [3.63, 3.8) is 0 Å². The zero-order valence-electron chi connectivity index (χ0n) is 31.7. The number of fused-ring (bicyclic) bond motifs is 3. The summed E-state index contributed by atoms with van der Waals surface area (Å²) in [5.74, 6) is 1.04. The van der Waals surface area contributed by atoms with Crippen molar-refractivity contribution in [1.82, 2.24) is 9.80 Å². The van der Waals surface area contributed by atoms with Crippen LogP contribution in [0.2, 0.25) is 0 Å². The molecule has 2 amide bonds. The fraction of sp³-hybridized carbons (Fsp3) is 0.488. The van der Waals surface area contributed by atoms with Crippen molar-refractivity contribution in [2.45, 2.75) is 105 Å². The van der Waals surface area contributed by atoms with Gasteiger partial charge in [-0.3, -0.25) is 9.59 Å². The Balaban J connectivity index is 1.36. The van der Waals surface area contributed by atoms with Crippen LogP contribution in [0, 0.1) is 6.92 Å². The zero-order chi connectivity index (χ0) is 36.8. The molecule has 0 radical (unpaired) electrons. The van der Waals surface area contributed by atoms with E-state index in [0.29, 0.717) is 65.0 Å². The highest BCUT2D eigenvalue weighted by molar-refractivity contribution is 6.30. The van der Waals surface area contributed by atoms with E-state index in [9.17, 15) is 9.59 Å². The maximum Gasteiger partial charge on any atom is 0.261 e. The summed E-state index contributed by atoms with van der Waals surface area (Å²) in [5.41, 5.74) is 3.85. The Morgan fingerprint density at radius 2 is 1.13 bits per heavy atom. The van der Waals surface area contributed by atoms with Crippen molar-refractivity contribution in [2.75, 3.05) is 32.9 Å². The minimum Gasteiger partial charge on any atom is -0.493 e. The topological polar surface area (TPSA) is 94.6 Å². The third kappa shape index (κ3) is 8.01. The van der Waals surface area contributed by atoms with E-state index in [1.165, 1.54) is 38.5 Å². The fourth-order valence-corrected chi connectivity index (χ4v) is 7.34. The molecule has 52 heavy (non-hydrogen) atoms. The Kier molecular flexibility index (Phi) is 12.2. The molecule has 0 saturated heterocycles. The number of rotatable bonds is 20. The highest BCUT2D eigenvalue weighted by atomic mass is 16.5. The predicted octanol–water partition coefficient (Wildman–Crippen LogP) is 9.66. The Morgan fingerprint density at radius 1 is 0.635 bits per heavy atom. The predicted molar refractivity (Wildman–Crippen MR) is 205 cm³/mol. The van der Waals surface area contributed by atoms with E-state index < -0.39 is 0 Å². The van der Waals surface area contributed by atoms with E-state index in [4.69, 9.17) is 23.0 Å². The first-order chi connectivity index (χ1) is 25.2. The van der Waals surface area contributed by atoms with Crippen molar-refractivity contribution in [3.05, 3.63) is 76.8 Å². The van der Waals surface area contributed by atoms with Crippen molar-refractivity contribution < 1.29 is 32.6 Å². The molecule has 9 nitrogen and oxygen atoms in total. The third-order valence-corrected chi connectivity index (χ3v) is 9.86. The minimum absolute atomic E-state index is 0.244. The van der Waals surface area contributed by atoms with Crippen LogP contribution < -0.4 is 4.74 Å². The van der Waals surface area contributed by atoms with E-state index in [0.717, 1.165) is 34.9 Å². The van der Waals surface area contributed by atoms with Crippen LogP contribution in [0.25, 0.3) is 33.3 Å². The van der Waals surface area contributed by atoms with Gasteiger partial charge in [-0.2, -0.15) is 0 Å². The molecule has 4 heterocycles. The number of nitrogens with zero attached hydrogens (tertiary/aromatic N) is 2. The Hall–Kier alpha value is -4.34. The normalized spacial score (nSPS) is 16.0. The molecule has 4 aromatic rings. The molecule has 278 valence electrons. The monoisotopic (exact) mass is 710 g/mol. The van der Waals surface area contributed by atoms with Gasteiger partial charge in [0, 0.05) is 30.1 Å². The Bertz CT molecular complexity index is 1950. The molecular weight excluding hydrogens is 656 g/mol. The summed E-state index contributed by atoms with van der Waals surface area (Å²) in [4.78, 5) is 32.6. The van der Waals surface area contributed by atoms with Gasteiger partial charge in [0.15, 0.2) is 11.5 Å². The number of aryl methyl sites for hydroxylation is 1. The molecular formula is C43H54N2O7. The summed E-state index contributed by atoms with van der Waals surface area (Å²) in [6, 6.07) is 15.6. The summed E-state index contributed by atoms with van der Waals surface area (Å²) < 4.78 is 30.8. The van der Waals surface area contributed by atoms with Gasteiger partial charge in [0.05, 0.1) is 43.1 Å². The lowest BCUT2D eigenvalue weighted by molar-refractivity contribution is -0.125. The lowest BCUT2D eigenvalue weighted by Crippen LogP contribution is -2.36. The highest BCUT2D eigenvalue weighted by Gasteiger charge is 2.51. The molecule has 0 fully saturated rings. The molecule has 0 N–H and O–H groups in total. The van der Waals surface area contributed by atoms with Crippen LogP contribution >= 0.6 is 0 Å². The van der Waals surface area contributed by atoms with Crippen LogP contribution in [0.1, 0.15) is 103 Å². The van der Waals surface area contributed by atoms with Crippen LogP contribution in [0.3, 0.4) is 0 Å². The van der Waals surface area contributed by atoms with E-state index in [2.05, 4.69) is 6.92 Å². The quantitative estimate of drug-likeness (QED) is 0.0843. The molecule has 9 heteroatoms. The lowest BCUT2D eigenvalue weighted by Gasteiger charge is -2.26. The minimum atomic E-state index is -0.294. The van der Waals surface area contributed by atoms with Crippen LogP contribution in [0.4, 0.5) is 0 Å². The molecule has 0 aliphatic carbocycles. The van der Waals surface area contributed by atoms with Gasteiger partial charge in [0.25, 0.3) is 11.8 Å². The zero-order valence-corrected chi connectivity index (χ0v) is 31.7. The third-order valence-electron chi connectivity index (χ3n) is 9.86. The van der Waals surface area contributed by atoms with Gasteiger partial charge in [-0.05, 0) is 76.9 Å². The Morgan fingerprint density at radius 3 is 1.67 bits per heavy atom. The lowest BCUT2D eigenvalue weighted by atomic mass is 10.1. The molecule has 2 atom stereocenters. The number of furan rings is 2. The molecule has 2 unspecified atom stereocenters. The second-order valence-electron chi connectivity index (χ2n) is 14.1. The second-order valence-corrected chi connectivity index (χ2v) is 14.1. The molecule has 6 rings (SSSR count). The smallest absolute Gasteiger partial charge is 0.261 e. The number of hydrogen-bond acceptors (Lipinski definition) is 7. The molecule has 0 saturated carbocycles. The molecule has 2 aromatic carbocycles. The summed E-state index contributed by atoms with van der Waals surface area (Å²) in [5, 5.41) is 1.74. The number of carbonyl (C=O) groups excluding carboxylic acids is 2. The number of hydrogen-bond donors (Lipinski definition) is 0. The van der Waals surface area contributed by atoms with Crippen LogP contribution in [0.15, 0.2) is 68.5 Å². The van der Waals surface area contributed by atoms with Gasteiger partial charge in [-0.25, -0.2) is 0 Å². The Labute approximate surface area is 307 Å². The number of ether oxygens (including phenoxy) is 3. The van der Waals surface area contributed by atoms with Crippen molar-refractivity contribution in [1.29, 1.82) is 0 Å². The average Bonchev–Trinajstić information content (AvgIpc) is 3.86. The average molecular weight is 711 g/mol. The van der Waals surface area contributed by atoms with Crippen molar-refractivity contribution in [2.24, 2.45) is 0 Å². The van der Waals surface area contributed by atoms with Gasteiger partial charge >= 0.3 is 0 Å². The van der Waals surface area contributed by atoms with E-state index >= 15 is 0 Å². The number of carbonyl (C=O) groups is 2. The van der Waals surface area contributed by atoms with Gasteiger partial charge in [0.2, 0.25) is 0 Å². The van der Waals surface area contributed by atoms with Crippen molar-refractivity contribution in [3.8, 4) is 5.75 Å². The first-order valence-electron chi connectivity index (χ1n) is 19.3. The molecule has 2 aromatic heterocycles. The van der Waals surface area contributed by atoms with E-state index in [1.54, 1.807) is 9.80 Å². The number of unbranched alkanes of at least 4 members (excludes halogenated alkanes) is 7. The van der Waals surface area contributed by atoms with Crippen LogP contribution in [0.5, 0.6) is 5.75 Å².